The molecule has 136 valence electrons. The average molecular weight is 336 g/mol. The molecule has 0 radical (unpaired) electrons. The third-order valence-electron chi connectivity index (χ3n) is 3.89. The van der Waals surface area contributed by atoms with Crippen LogP contribution in [0.1, 0.15) is 40.5 Å². The van der Waals surface area contributed by atoms with Gasteiger partial charge >= 0.3 is 6.03 Å². The van der Waals surface area contributed by atoms with Gasteiger partial charge in [-0.25, -0.2) is 4.79 Å². The van der Waals surface area contributed by atoms with Gasteiger partial charge in [0.25, 0.3) is 0 Å². The highest BCUT2D eigenvalue weighted by Gasteiger charge is 2.17. The fourth-order valence-electron chi connectivity index (χ4n) is 2.25. The highest BCUT2D eigenvalue weighted by atomic mass is 16.5. The molecule has 24 heavy (non-hydrogen) atoms. The fourth-order valence-corrected chi connectivity index (χ4v) is 2.25. The first-order valence-corrected chi connectivity index (χ1v) is 8.65. The second kappa shape index (κ2) is 10.1. The third-order valence-corrected chi connectivity index (χ3v) is 3.89. The Morgan fingerprint density at radius 1 is 1.04 bits per heavy atom. The van der Waals surface area contributed by atoms with Crippen LogP contribution in [0.25, 0.3) is 0 Å². The van der Waals surface area contributed by atoms with Crippen molar-refractivity contribution >= 4 is 11.7 Å². The van der Waals surface area contributed by atoms with Gasteiger partial charge in [0, 0.05) is 19.2 Å². The van der Waals surface area contributed by atoms with Crippen molar-refractivity contribution < 1.29 is 14.3 Å². The minimum Gasteiger partial charge on any atom is -0.497 e. The van der Waals surface area contributed by atoms with Gasteiger partial charge in [-0.1, -0.05) is 27.7 Å². The Morgan fingerprint density at radius 2 is 1.62 bits per heavy atom. The summed E-state index contributed by atoms with van der Waals surface area (Å²) in [6, 6.07) is 5.28. The highest BCUT2D eigenvalue weighted by molar-refractivity contribution is 5.91. The van der Waals surface area contributed by atoms with Crippen molar-refractivity contribution in [2.75, 3.05) is 32.6 Å². The molecule has 0 unspecified atom stereocenters. The van der Waals surface area contributed by atoms with Crippen LogP contribution in [0, 0.1) is 11.8 Å². The molecule has 0 bridgehead atoms. The molecule has 0 saturated heterocycles. The molecular formula is C19H32N2O3. The predicted octanol–water partition coefficient (Wildman–Crippen LogP) is 4.63. The van der Waals surface area contributed by atoms with E-state index in [-0.39, 0.29) is 6.03 Å². The summed E-state index contributed by atoms with van der Waals surface area (Å²) in [4.78, 5) is 14.6. The lowest BCUT2D eigenvalue weighted by Gasteiger charge is -2.25. The highest BCUT2D eigenvalue weighted by Crippen LogP contribution is 2.29. The number of anilines is 1. The molecule has 0 saturated carbocycles. The van der Waals surface area contributed by atoms with Crippen molar-refractivity contribution in [1.82, 2.24) is 4.90 Å². The number of carbonyl (C=O) groups is 1. The van der Waals surface area contributed by atoms with E-state index in [1.165, 1.54) is 0 Å². The zero-order valence-corrected chi connectivity index (χ0v) is 15.9. The first-order valence-electron chi connectivity index (χ1n) is 8.65. The maximum atomic E-state index is 12.7. The van der Waals surface area contributed by atoms with Crippen LogP contribution in [0.3, 0.4) is 0 Å². The fraction of sp³-hybridized carbons (Fsp3) is 0.632. The number of carbonyl (C=O) groups excluding carboxylic acids is 1. The molecule has 0 aliphatic rings. The molecule has 0 heterocycles. The van der Waals surface area contributed by atoms with E-state index < -0.39 is 0 Å². The van der Waals surface area contributed by atoms with Crippen molar-refractivity contribution in [3.8, 4) is 11.5 Å². The minimum absolute atomic E-state index is 0.0946. The summed E-state index contributed by atoms with van der Waals surface area (Å²) in [6.07, 6.45) is 1.97. The topological polar surface area (TPSA) is 50.8 Å². The maximum absolute atomic E-state index is 12.7. The number of hydrogen-bond acceptors (Lipinski definition) is 3. The molecule has 0 aromatic heterocycles. The number of ether oxygens (including phenoxy) is 2. The molecule has 5 nitrogen and oxygen atoms in total. The van der Waals surface area contributed by atoms with Gasteiger partial charge in [0.1, 0.15) is 11.5 Å². The van der Waals surface area contributed by atoms with Crippen LogP contribution in [-0.2, 0) is 0 Å². The van der Waals surface area contributed by atoms with Gasteiger partial charge in [0.15, 0.2) is 0 Å². The van der Waals surface area contributed by atoms with Crippen molar-refractivity contribution in [2.45, 2.75) is 40.5 Å². The second-order valence-electron chi connectivity index (χ2n) is 6.85. The van der Waals surface area contributed by atoms with Gasteiger partial charge in [-0.05, 0) is 36.8 Å². The van der Waals surface area contributed by atoms with E-state index in [9.17, 15) is 4.79 Å². The number of benzene rings is 1. The number of amides is 2. The number of methoxy groups -OCH3 is 2. The van der Waals surface area contributed by atoms with Gasteiger partial charge in [-0.15, -0.1) is 0 Å². The summed E-state index contributed by atoms with van der Waals surface area (Å²) in [5.41, 5.74) is 0.626. The first kappa shape index (κ1) is 20.1. The quantitative estimate of drug-likeness (QED) is 0.715. The van der Waals surface area contributed by atoms with E-state index in [1.54, 1.807) is 26.4 Å². The summed E-state index contributed by atoms with van der Waals surface area (Å²) in [7, 11) is 3.19. The van der Waals surface area contributed by atoms with Gasteiger partial charge in [-0.3, -0.25) is 0 Å². The Labute approximate surface area is 146 Å². The molecule has 0 aliphatic carbocycles. The molecule has 0 fully saturated rings. The van der Waals surface area contributed by atoms with E-state index in [0.29, 0.717) is 29.0 Å². The largest absolute Gasteiger partial charge is 0.497 e. The summed E-state index contributed by atoms with van der Waals surface area (Å²) in [6.45, 7) is 10.2. The van der Waals surface area contributed by atoms with E-state index in [2.05, 4.69) is 33.0 Å². The normalized spacial score (nSPS) is 10.8. The molecule has 1 aromatic carbocycles. The summed E-state index contributed by atoms with van der Waals surface area (Å²) < 4.78 is 10.6. The van der Waals surface area contributed by atoms with E-state index in [4.69, 9.17) is 9.47 Å². The van der Waals surface area contributed by atoms with E-state index >= 15 is 0 Å². The summed E-state index contributed by atoms with van der Waals surface area (Å²) in [5, 5.41) is 2.97. The zero-order chi connectivity index (χ0) is 18.1. The Hall–Kier alpha value is -1.91. The van der Waals surface area contributed by atoms with Crippen LogP contribution >= 0.6 is 0 Å². The number of urea groups is 1. The number of nitrogens with one attached hydrogen (secondary N) is 1. The van der Waals surface area contributed by atoms with Crippen molar-refractivity contribution in [2.24, 2.45) is 11.8 Å². The van der Waals surface area contributed by atoms with E-state index in [1.807, 2.05) is 11.0 Å². The van der Waals surface area contributed by atoms with Gasteiger partial charge < -0.3 is 19.7 Å². The summed E-state index contributed by atoms with van der Waals surface area (Å²) >= 11 is 0. The molecule has 1 N–H and O–H groups in total. The van der Waals surface area contributed by atoms with E-state index in [0.717, 1.165) is 25.9 Å². The van der Waals surface area contributed by atoms with Crippen molar-refractivity contribution in [3.05, 3.63) is 18.2 Å². The average Bonchev–Trinajstić information content (AvgIpc) is 2.54. The first-order chi connectivity index (χ1) is 11.4. The van der Waals surface area contributed by atoms with Gasteiger partial charge in [0.2, 0.25) is 0 Å². The standard InChI is InChI=1S/C19H32N2O3/c1-14(2)9-11-21(12-10-15(3)4)19(22)20-17-13-16(23-5)7-8-18(17)24-6/h7-8,13-15H,9-12H2,1-6H3,(H,20,22). The van der Waals surface area contributed by atoms with Crippen LogP contribution in [0.4, 0.5) is 10.5 Å². The maximum Gasteiger partial charge on any atom is 0.321 e. The lowest BCUT2D eigenvalue weighted by molar-refractivity contribution is 0.205. The number of rotatable bonds is 9. The number of hydrogen-bond donors (Lipinski definition) is 1. The molecule has 1 aromatic rings. The van der Waals surface area contributed by atoms with Crippen LogP contribution in [-0.4, -0.2) is 38.2 Å². The Kier molecular flexibility index (Phi) is 8.44. The molecule has 0 atom stereocenters. The molecule has 2 amide bonds. The van der Waals surface area contributed by atoms with Crippen molar-refractivity contribution in [1.29, 1.82) is 0 Å². The number of nitrogens with zero attached hydrogens (tertiary/aromatic N) is 1. The molecule has 1 rings (SSSR count). The van der Waals surface area contributed by atoms with Crippen LogP contribution in [0.5, 0.6) is 11.5 Å². The van der Waals surface area contributed by atoms with Gasteiger partial charge in [-0.2, -0.15) is 0 Å². The second-order valence-corrected chi connectivity index (χ2v) is 6.85. The van der Waals surface area contributed by atoms with Crippen LogP contribution in [0.2, 0.25) is 0 Å². The minimum atomic E-state index is -0.0946. The lowest BCUT2D eigenvalue weighted by Crippen LogP contribution is -2.37. The Balaban J connectivity index is 2.85. The molecule has 0 spiro atoms. The SMILES string of the molecule is COc1ccc(OC)c(NC(=O)N(CCC(C)C)CCC(C)C)c1. The third kappa shape index (κ3) is 6.69. The molecule has 5 heteroatoms. The molecule has 0 aliphatic heterocycles. The van der Waals surface area contributed by atoms with Gasteiger partial charge in [0.05, 0.1) is 19.9 Å². The van der Waals surface area contributed by atoms with Crippen LogP contribution in [0.15, 0.2) is 18.2 Å². The lowest BCUT2D eigenvalue weighted by atomic mass is 10.1. The van der Waals surface area contributed by atoms with Crippen LogP contribution < -0.4 is 14.8 Å². The van der Waals surface area contributed by atoms with Crippen molar-refractivity contribution in [3.63, 3.8) is 0 Å². The zero-order valence-electron chi connectivity index (χ0n) is 15.9. The smallest absolute Gasteiger partial charge is 0.321 e. The Bertz CT molecular complexity index is 503. The Morgan fingerprint density at radius 3 is 2.08 bits per heavy atom. The summed E-state index contributed by atoms with van der Waals surface area (Å²) in [5.74, 6) is 2.43. The molecular weight excluding hydrogens is 304 g/mol. The predicted molar refractivity (Wildman–Crippen MR) is 99.0 cm³/mol. The monoisotopic (exact) mass is 336 g/mol.